The molecule has 0 aromatic heterocycles. The number of methoxy groups -OCH3 is 3. The Bertz CT molecular complexity index is 662. The summed E-state index contributed by atoms with van der Waals surface area (Å²) in [6.07, 6.45) is 0. The Morgan fingerprint density at radius 1 is 0.960 bits per heavy atom. The van der Waals surface area contributed by atoms with E-state index in [9.17, 15) is 0 Å². The molecule has 0 saturated heterocycles. The smallest absolute Gasteiger partial charge is 0.203 e. The third-order valence-corrected chi connectivity index (χ3v) is 4.01. The lowest BCUT2D eigenvalue weighted by molar-refractivity contribution is 0.323. The van der Waals surface area contributed by atoms with Crippen molar-refractivity contribution in [2.45, 2.75) is 26.4 Å². The van der Waals surface area contributed by atoms with Crippen LogP contribution in [0.5, 0.6) is 23.0 Å². The Kier molecular flexibility index (Phi) is 6.95. The van der Waals surface area contributed by atoms with Crippen molar-refractivity contribution in [1.29, 1.82) is 0 Å². The van der Waals surface area contributed by atoms with Gasteiger partial charge in [-0.15, -0.1) is 0 Å². The van der Waals surface area contributed by atoms with Crippen molar-refractivity contribution in [1.82, 2.24) is 5.32 Å². The van der Waals surface area contributed by atoms with Crippen LogP contribution in [0.2, 0.25) is 0 Å². The molecular formula is C20H27NO4. The lowest BCUT2D eigenvalue weighted by Crippen LogP contribution is -2.18. The van der Waals surface area contributed by atoms with E-state index in [4.69, 9.17) is 18.9 Å². The monoisotopic (exact) mass is 345 g/mol. The van der Waals surface area contributed by atoms with Crippen molar-refractivity contribution in [2.75, 3.05) is 27.9 Å². The molecule has 1 unspecified atom stereocenters. The Balaban J connectivity index is 2.12. The summed E-state index contributed by atoms with van der Waals surface area (Å²) in [7, 11) is 4.85. The third kappa shape index (κ3) is 4.79. The van der Waals surface area contributed by atoms with Crippen LogP contribution < -0.4 is 24.3 Å². The molecule has 0 fully saturated rings. The summed E-state index contributed by atoms with van der Waals surface area (Å²) in [5.74, 6) is 2.81. The zero-order valence-electron chi connectivity index (χ0n) is 15.6. The molecule has 2 rings (SSSR count). The van der Waals surface area contributed by atoms with Gasteiger partial charge in [0.15, 0.2) is 11.5 Å². The Morgan fingerprint density at radius 3 is 2.20 bits per heavy atom. The molecular weight excluding hydrogens is 318 g/mol. The number of benzene rings is 2. The molecule has 0 aliphatic heterocycles. The molecule has 0 saturated carbocycles. The highest BCUT2D eigenvalue weighted by atomic mass is 16.5. The van der Waals surface area contributed by atoms with E-state index in [0.717, 1.165) is 17.9 Å². The molecule has 0 bridgehead atoms. The van der Waals surface area contributed by atoms with E-state index in [1.807, 2.05) is 31.2 Å². The van der Waals surface area contributed by atoms with Gasteiger partial charge in [0.2, 0.25) is 5.75 Å². The van der Waals surface area contributed by atoms with Crippen molar-refractivity contribution in [2.24, 2.45) is 0 Å². The van der Waals surface area contributed by atoms with E-state index >= 15 is 0 Å². The summed E-state index contributed by atoms with van der Waals surface area (Å²) < 4.78 is 21.8. The van der Waals surface area contributed by atoms with E-state index < -0.39 is 0 Å². The summed E-state index contributed by atoms with van der Waals surface area (Å²) in [5.41, 5.74) is 2.24. The summed E-state index contributed by atoms with van der Waals surface area (Å²) in [5, 5.41) is 3.52. The highest BCUT2D eigenvalue weighted by molar-refractivity contribution is 5.54. The fraction of sp³-hybridized carbons (Fsp3) is 0.400. The lowest BCUT2D eigenvalue weighted by Gasteiger charge is -2.19. The minimum absolute atomic E-state index is 0.115. The summed E-state index contributed by atoms with van der Waals surface area (Å²) in [6.45, 7) is 5.49. The van der Waals surface area contributed by atoms with Gasteiger partial charge in [0, 0.05) is 12.6 Å². The zero-order valence-corrected chi connectivity index (χ0v) is 15.6. The van der Waals surface area contributed by atoms with Crippen LogP contribution in [0.25, 0.3) is 0 Å². The molecule has 0 spiro atoms. The van der Waals surface area contributed by atoms with Gasteiger partial charge in [0.05, 0.1) is 27.9 Å². The van der Waals surface area contributed by atoms with Gasteiger partial charge in [-0.1, -0.05) is 12.1 Å². The van der Waals surface area contributed by atoms with E-state index in [1.165, 1.54) is 5.56 Å². The number of nitrogens with one attached hydrogen (secondary N) is 1. The van der Waals surface area contributed by atoms with Gasteiger partial charge in [-0.3, -0.25) is 0 Å². The van der Waals surface area contributed by atoms with Crippen molar-refractivity contribution in [3.63, 3.8) is 0 Å². The molecule has 0 amide bonds. The molecule has 0 aliphatic rings. The maximum atomic E-state index is 5.55. The minimum atomic E-state index is 0.115. The molecule has 1 N–H and O–H groups in total. The Hall–Kier alpha value is -2.40. The normalized spacial score (nSPS) is 11.7. The van der Waals surface area contributed by atoms with Gasteiger partial charge >= 0.3 is 0 Å². The molecule has 5 nitrogen and oxygen atoms in total. The first kappa shape index (κ1) is 18.9. The summed E-state index contributed by atoms with van der Waals surface area (Å²) in [4.78, 5) is 0. The fourth-order valence-electron chi connectivity index (χ4n) is 2.65. The van der Waals surface area contributed by atoms with E-state index in [0.29, 0.717) is 23.9 Å². The van der Waals surface area contributed by atoms with Crippen LogP contribution in [0, 0.1) is 0 Å². The lowest BCUT2D eigenvalue weighted by atomic mass is 10.1. The van der Waals surface area contributed by atoms with Gasteiger partial charge in [0.25, 0.3) is 0 Å². The molecule has 2 aromatic rings. The second-order valence-corrected chi connectivity index (χ2v) is 5.64. The third-order valence-electron chi connectivity index (χ3n) is 4.01. The second-order valence-electron chi connectivity index (χ2n) is 5.64. The number of rotatable bonds is 9. The Morgan fingerprint density at radius 2 is 1.64 bits per heavy atom. The molecule has 0 heterocycles. The quantitative estimate of drug-likeness (QED) is 0.745. The van der Waals surface area contributed by atoms with Crippen LogP contribution in [0.1, 0.15) is 31.0 Å². The average molecular weight is 345 g/mol. The number of ether oxygens (including phenoxy) is 4. The molecule has 5 heteroatoms. The molecule has 2 aromatic carbocycles. The first-order valence-electron chi connectivity index (χ1n) is 8.37. The number of hydrogen-bond acceptors (Lipinski definition) is 5. The Labute approximate surface area is 149 Å². The van der Waals surface area contributed by atoms with Crippen molar-refractivity contribution in [3.05, 3.63) is 47.5 Å². The van der Waals surface area contributed by atoms with E-state index in [-0.39, 0.29) is 6.04 Å². The molecule has 0 radical (unpaired) electrons. The average Bonchev–Trinajstić information content (AvgIpc) is 2.65. The topological polar surface area (TPSA) is 49.0 Å². The largest absolute Gasteiger partial charge is 0.494 e. The van der Waals surface area contributed by atoms with Crippen LogP contribution in [-0.2, 0) is 6.54 Å². The number of hydrogen-bond donors (Lipinski definition) is 1. The van der Waals surface area contributed by atoms with Gasteiger partial charge < -0.3 is 24.3 Å². The molecule has 25 heavy (non-hydrogen) atoms. The minimum Gasteiger partial charge on any atom is -0.494 e. The first-order valence-corrected chi connectivity index (χ1v) is 8.37. The van der Waals surface area contributed by atoms with Crippen LogP contribution in [0.15, 0.2) is 36.4 Å². The van der Waals surface area contributed by atoms with E-state index in [1.54, 1.807) is 21.3 Å². The van der Waals surface area contributed by atoms with Gasteiger partial charge in [-0.05, 0) is 49.2 Å². The van der Waals surface area contributed by atoms with Crippen molar-refractivity contribution >= 4 is 0 Å². The molecule has 1 atom stereocenters. The standard InChI is InChI=1S/C20H27NO4/c1-6-25-17-9-7-8-15(10-17)13-21-14(2)16-11-18(22-3)20(24-5)19(12-16)23-4/h7-12,14,21H,6,13H2,1-5H3. The van der Waals surface area contributed by atoms with Gasteiger partial charge in [-0.2, -0.15) is 0 Å². The first-order chi connectivity index (χ1) is 12.1. The van der Waals surface area contributed by atoms with E-state index in [2.05, 4.69) is 24.4 Å². The maximum Gasteiger partial charge on any atom is 0.203 e. The van der Waals surface area contributed by atoms with Crippen LogP contribution in [0.4, 0.5) is 0 Å². The van der Waals surface area contributed by atoms with Gasteiger partial charge in [-0.25, -0.2) is 0 Å². The predicted octanol–water partition coefficient (Wildman–Crippen LogP) is 3.96. The summed E-state index contributed by atoms with van der Waals surface area (Å²) >= 11 is 0. The predicted molar refractivity (Wildman–Crippen MR) is 99.0 cm³/mol. The molecule has 0 aliphatic carbocycles. The second kappa shape index (κ2) is 9.18. The van der Waals surface area contributed by atoms with Crippen LogP contribution in [0.3, 0.4) is 0 Å². The van der Waals surface area contributed by atoms with Crippen molar-refractivity contribution < 1.29 is 18.9 Å². The fourth-order valence-corrected chi connectivity index (χ4v) is 2.65. The zero-order chi connectivity index (χ0) is 18.2. The SMILES string of the molecule is CCOc1cccc(CNC(C)c2cc(OC)c(OC)c(OC)c2)c1. The maximum absolute atomic E-state index is 5.55. The van der Waals surface area contributed by atoms with Gasteiger partial charge in [0.1, 0.15) is 5.75 Å². The summed E-state index contributed by atoms with van der Waals surface area (Å²) in [6, 6.07) is 12.2. The van der Waals surface area contributed by atoms with Crippen LogP contribution in [-0.4, -0.2) is 27.9 Å². The highest BCUT2D eigenvalue weighted by Crippen LogP contribution is 2.39. The van der Waals surface area contributed by atoms with Crippen LogP contribution >= 0.6 is 0 Å². The highest BCUT2D eigenvalue weighted by Gasteiger charge is 2.16. The molecule has 136 valence electrons. The van der Waals surface area contributed by atoms with Crippen molar-refractivity contribution in [3.8, 4) is 23.0 Å².